The van der Waals surface area contributed by atoms with E-state index in [4.69, 9.17) is 4.74 Å². The molecule has 0 amide bonds. The van der Waals surface area contributed by atoms with Crippen LogP contribution in [-0.2, 0) is 6.18 Å². The van der Waals surface area contributed by atoms with Crippen molar-refractivity contribution in [3.8, 4) is 5.88 Å². The lowest BCUT2D eigenvalue weighted by Crippen LogP contribution is -2.17. The smallest absolute Gasteiger partial charge is 0.423 e. The Morgan fingerprint density at radius 2 is 2.00 bits per heavy atom. The number of para-hydroxylation sites is 1. The quantitative estimate of drug-likeness (QED) is 0.668. The minimum absolute atomic E-state index is 0.0559. The maximum atomic E-state index is 13.0. The van der Waals surface area contributed by atoms with Crippen LogP contribution in [0.15, 0.2) is 30.5 Å². The van der Waals surface area contributed by atoms with Crippen molar-refractivity contribution in [1.29, 1.82) is 0 Å². The number of alkyl halides is 3. The van der Waals surface area contributed by atoms with Gasteiger partial charge in [-0.2, -0.15) is 18.2 Å². The standard InChI is InChI=1S/C15H15F3IN3O/c1-3-9(2)23-13-10(15(16,17)18)8-20-14(22-13)21-12-7-5-4-6-11(12)19/h4-9H,3H2,1-2H3,(H,20,21,22). The summed E-state index contributed by atoms with van der Waals surface area (Å²) >= 11 is 2.11. The molecular formula is C15H15F3IN3O. The highest BCUT2D eigenvalue weighted by atomic mass is 127. The Kier molecular flexibility index (Phi) is 5.66. The van der Waals surface area contributed by atoms with Gasteiger partial charge < -0.3 is 10.1 Å². The van der Waals surface area contributed by atoms with Gasteiger partial charge >= 0.3 is 6.18 Å². The molecule has 23 heavy (non-hydrogen) atoms. The number of halogens is 4. The normalized spacial score (nSPS) is 12.8. The highest BCUT2D eigenvalue weighted by Gasteiger charge is 2.36. The largest absolute Gasteiger partial charge is 0.474 e. The number of benzene rings is 1. The zero-order valence-corrected chi connectivity index (χ0v) is 14.6. The minimum Gasteiger partial charge on any atom is -0.474 e. The maximum absolute atomic E-state index is 13.0. The summed E-state index contributed by atoms with van der Waals surface area (Å²) in [4.78, 5) is 7.65. The molecule has 0 aliphatic heterocycles. The van der Waals surface area contributed by atoms with E-state index in [9.17, 15) is 13.2 Å². The first-order chi connectivity index (χ1) is 10.8. The van der Waals surface area contributed by atoms with E-state index in [-0.39, 0.29) is 12.1 Å². The molecule has 0 saturated heterocycles. The van der Waals surface area contributed by atoms with Crippen molar-refractivity contribution >= 4 is 34.2 Å². The SMILES string of the molecule is CCC(C)Oc1nc(Nc2ccccc2I)ncc1C(F)(F)F. The third kappa shape index (κ3) is 4.69. The second-order valence-corrected chi connectivity index (χ2v) is 6.01. The van der Waals surface area contributed by atoms with Crippen molar-refractivity contribution in [3.63, 3.8) is 0 Å². The molecule has 0 radical (unpaired) electrons. The van der Waals surface area contributed by atoms with Gasteiger partial charge in [-0.25, -0.2) is 4.98 Å². The lowest BCUT2D eigenvalue weighted by Gasteiger charge is -2.17. The number of hydrogen-bond donors (Lipinski definition) is 1. The fraction of sp³-hybridized carbons (Fsp3) is 0.333. The maximum Gasteiger partial charge on any atom is 0.423 e. The summed E-state index contributed by atoms with van der Waals surface area (Å²) in [5, 5.41) is 2.91. The van der Waals surface area contributed by atoms with Crippen LogP contribution in [0, 0.1) is 3.57 Å². The van der Waals surface area contributed by atoms with E-state index < -0.39 is 17.6 Å². The Balaban J connectivity index is 2.35. The van der Waals surface area contributed by atoms with E-state index >= 15 is 0 Å². The summed E-state index contributed by atoms with van der Waals surface area (Å²) in [7, 11) is 0. The first-order valence-corrected chi connectivity index (χ1v) is 8.01. The van der Waals surface area contributed by atoms with Gasteiger partial charge in [-0.15, -0.1) is 0 Å². The van der Waals surface area contributed by atoms with Gasteiger partial charge in [0.1, 0.15) is 5.56 Å². The molecule has 8 heteroatoms. The van der Waals surface area contributed by atoms with Gasteiger partial charge in [-0.05, 0) is 48.1 Å². The van der Waals surface area contributed by atoms with E-state index in [1.165, 1.54) is 0 Å². The summed E-state index contributed by atoms with van der Waals surface area (Å²) in [5.74, 6) is -0.407. The number of anilines is 2. The Morgan fingerprint density at radius 3 is 2.61 bits per heavy atom. The molecule has 0 spiro atoms. The highest BCUT2D eigenvalue weighted by molar-refractivity contribution is 14.1. The number of nitrogens with zero attached hydrogens (tertiary/aromatic N) is 2. The fourth-order valence-electron chi connectivity index (χ4n) is 1.67. The van der Waals surface area contributed by atoms with Crippen LogP contribution >= 0.6 is 22.6 Å². The van der Waals surface area contributed by atoms with Gasteiger partial charge in [-0.1, -0.05) is 19.1 Å². The average molecular weight is 437 g/mol. The molecule has 2 rings (SSSR count). The topological polar surface area (TPSA) is 47.0 Å². The third-order valence-electron chi connectivity index (χ3n) is 3.07. The molecule has 0 aliphatic carbocycles. The number of nitrogens with one attached hydrogen (secondary N) is 1. The van der Waals surface area contributed by atoms with Crippen LogP contribution in [0.2, 0.25) is 0 Å². The third-order valence-corrected chi connectivity index (χ3v) is 4.01. The molecule has 1 N–H and O–H groups in total. The molecule has 2 aromatic rings. The summed E-state index contributed by atoms with van der Waals surface area (Å²) in [6, 6.07) is 7.32. The summed E-state index contributed by atoms with van der Waals surface area (Å²) < 4.78 is 45.3. The summed E-state index contributed by atoms with van der Waals surface area (Å²) in [6.45, 7) is 3.51. The second-order valence-electron chi connectivity index (χ2n) is 4.85. The van der Waals surface area contributed by atoms with Gasteiger partial charge in [-0.3, -0.25) is 0 Å². The minimum atomic E-state index is -4.57. The van der Waals surface area contributed by atoms with Gasteiger partial charge in [0.05, 0.1) is 11.8 Å². The van der Waals surface area contributed by atoms with Crippen molar-refractivity contribution in [2.24, 2.45) is 0 Å². The van der Waals surface area contributed by atoms with Crippen molar-refractivity contribution in [1.82, 2.24) is 9.97 Å². The molecule has 1 aromatic carbocycles. The van der Waals surface area contributed by atoms with Crippen LogP contribution in [0.25, 0.3) is 0 Å². The predicted molar refractivity (Wildman–Crippen MR) is 89.9 cm³/mol. The van der Waals surface area contributed by atoms with Gasteiger partial charge in [0.2, 0.25) is 11.8 Å². The second kappa shape index (κ2) is 7.33. The van der Waals surface area contributed by atoms with E-state index in [0.29, 0.717) is 12.1 Å². The van der Waals surface area contributed by atoms with Crippen molar-refractivity contribution in [2.75, 3.05) is 5.32 Å². The lowest BCUT2D eigenvalue weighted by molar-refractivity contribution is -0.139. The zero-order chi connectivity index (χ0) is 17.0. The number of aromatic nitrogens is 2. The van der Waals surface area contributed by atoms with Crippen molar-refractivity contribution in [2.45, 2.75) is 32.5 Å². The predicted octanol–water partition coefficient (Wildman–Crippen LogP) is 5.02. The number of ether oxygens (including phenoxy) is 1. The Hall–Kier alpha value is -1.58. The Morgan fingerprint density at radius 1 is 1.30 bits per heavy atom. The molecular weight excluding hydrogens is 422 g/mol. The van der Waals surface area contributed by atoms with Crippen LogP contribution in [0.5, 0.6) is 5.88 Å². The molecule has 1 atom stereocenters. The molecule has 0 saturated carbocycles. The van der Waals surface area contributed by atoms with E-state index in [1.54, 1.807) is 13.0 Å². The monoisotopic (exact) mass is 437 g/mol. The average Bonchev–Trinajstić information content (AvgIpc) is 2.48. The molecule has 4 nitrogen and oxygen atoms in total. The Labute approximate surface area is 145 Å². The van der Waals surface area contributed by atoms with Gasteiger partial charge in [0.15, 0.2) is 0 Å². The Bertz CT molecular complexity index is 679. The van der Waals surface area contributed by atoms with E-state index in [0.717, 1.165) is 9.77 Å². The van der Waals surface area contributed by atoms with E-state index in [1.807, 2.05) is 25.1 Å². The van der Waals surface area contributed by atoms with Crippen LogP contribution < -0.4 is 10.1 Å². The first kappa shape index (κ1) is 17.8. The molecule has 0 bridgehead atoms. The molecule has 1 aromatic heterocycles. The van der Waals surface area contributed by atoms with Gasteiger partial charge in [0.25, 0.3) is 0 Å². The van der Waals surface area contributed by atoms with E-state index in [2.05, 4.69) is 37.9 Å². The zero-order valence-electron chi connectivity index (χ0n) is 12.5. The summed E-state index contributed by atoms with van der Waals surface area (Å²) in [6.07, 6.45) is -3.64. The van der Waals surface area contributed by atoms with Crippen LogP contribution in [0.1, 0.15) is 25.8 Å². The van der Waals surface area contributed by atoms with Crippen LogP contribution in [0.4, 0.5) is 24.8 Å². The first-order valence-electron chi connectivity index (χ1n) is 6.93. The molecule has 1 heterocycles. The van der Waals surface area contributed by atoms with Crippen molar-refractivity contribution < 1.29 is 17.9 Å². The fourth-order valence-corrected chi connectivity index (χ4v) is 2.19. The molecule has 0 aliphatic rings. The molecule has 124 valence electrons. The van der Waals surface area contributed by atoms with Gasteiger partial charge in [0, 0.05) is 9.77 Å². The van der Waals surface area contributed by atoms with Crippen LogP contribution in [-0.4, -0.2) is 16.1 Å². The highest BCUT2D eigenvalue weighted by Crippen LogP contribution is 2.36. The molecule has 1 unspecified atom stereocenters. The van der Waals surface area contributed by atoms with Crippen LogP contribution in [0.3, 0.4) is 0 Å². The number of rotatable bonds is 5. The molecule has 0 fully saturated rings. The van der Waals surface area contributed by atoms with Crippen molar-refractivity contribution in [3.05, 3.63) is 39.6 Å². The summed E-state index contributed by atoms with van der Waals surface area (Å²) in [5.41, 5.74) is -0.270. The number of hydrogen-bond acceptors (Lipinski definition) is 4. The lowest BCUT2D eigenvalue weighted by atomic mass is 10.3.